The van der Waals surface area contributed by atoms with Gasteiger partial charge in [-0.1, -0.05) is 13.8 Å². The quantitative estimate of drug-likeness (QED) is 0.607. The van der Waals surface area contributed by atoms with Gasteiger partial charge in [-0.2, -0.15) is 0 Å². The van der Waals surface area contributed by atoms with E-state index in [2.05, 4.69) is 4.98 Å². The molecule has 1 aromatic heterocycles. The SMILES string of the molecule is [2H]C([2H])([2H])c1cc(C(C)C)cc(C([2H])([2H])[2H])n1. The molecule has 0 aromatic carbocycles. The van der Waals surface area contributed by atoms with E-state index in [0.717, 1.165) is 0 Å². The molecule has 1 rings (SSSR count). The van der Waals surface area contributed by atoms with Crippen LogP contribution in [0.25, 0.3) is 0 Å². The molecule has 1 heteroatoms. The van der Waals surface area contributed by atoms with Gasteiger partial charge in [0.1, 0.15) is 0 Å². The predicted molar refractivity (Wildman–Crippen MR) is 47.8 cm³/mol. The summed E-state index contributed by atoms with van der Waals surface area (Å²) in [6.45, 7) is -1.01. The number of hydrogen-bond donors (Lipinski definition) is 0. The second kappa shape index (κ2) is 3.04. The molecule has 0 saturated heterocycles. The van der Waals surface area contributed by atoms with E-state index in [0.29, 0.717) is 5.56 Å². The van der Waals surface area contributed by atoms with Crippen LogP contribution in [0, 0.1) is 13.7 Å². The molecule has 0 N–H and O–H groups in total. The number of rotatable bonds is 1. The first-order chi connectivity index (χ1) is 7.51. The lowest BCUT2D eigenvalue weighted by Gasteiger charge is -2.06. The average molecular weight is 155 g/mol. The number of pyridine rings is 1. The van der Waals surface area contributed by atoms with Gasteiger partial charge in [0, 0.05) is 19.6 Å². The first-order valence-corrected chi connectivity index (χ1v) is 3.55. The molecular weight excluding hydrogens is 134 g/mol. The first-order valence-electron chi connectivity index (χ1n) is 6.55. The highest BCUT2D eigenvalue weighted by Gasteiger charge is 2.00. The molecule has 0 aliphatic heterocycles. The van der Waals surface area contributed by atoms with Gasteiger partial charge in [-0.15, -0.1) is 0 Å². The molecule has 0 radical (unpaired) electrons. The van der Waals surface area contributed by atoms with Crippen LogP contribution in [0.4, 0.5) is 0 Å². The van der Waals surface area contributed by atoms with Crippen molar-refractivity contribution < 1.29 is 8.22 Å². The van der Waals surface area contributed by atoms with Crippen molar-refractivity contribution >= 4 is 0 Å². The molecule has 1 aromatic rings. The van der Waals surface area contributed by atoms with E-state index < -0.39 is 13.7 Å². The maximum absolute atomic E-state index is 7.30. The molecule has 0 amide bonds. The normalized spacial score (nSPS) is 21.0. The van der Waals surface area contributed by atoms with Gasteiger partial charge in [0.25, 0.3) is 0 Å². The number of aromatic nitrogens is 1. The zero-order chi connectivity index (χ0) is 13.4. The second-order valence-corrected chi connectivity index (χ2v) is 2.83. The Kier molecular flexibility index (Phi) is 0.899. The third kappa shape index (κ3) is 2.04. The van der Waals surface area contributed by atoms with Gasteiger partial charge >= 0.3 is 0 Å². The van der Waals surface area contributed by atoms with Crippen LogP contribution in [0.2, 0.25) is 0 Å². The molecule has 0 spiro atoms. The average Bonchev–Trinajstić information content (AvgIpc) is 2.14. The van der Waals surface area contributed by atoms with Crippen molar-refractivity contribution in [3.05, 3.63) is 29.1 Å². The van der Waals surface area contributed by atoms with Crippen molar-refractivity contribution in [2.45, 2.75) is 33.5 Å². The van der Waals surface area contributed by atoms with E-state index in [1.54, 1.807) is 0 Å². The summed E-state index contributed by atoms with van der Waals surface area (Å²) in [6.07, 6.45) is 0. The van der Waals surface area contributed by atoms with E-state index in [-0.39, 0.29) is 17.3 Å². The topological polar surface area (TPSA) is 12.9 Å². The number of nitrogens with zero attached hydrogens (tertiary/aromatic N) is 1. The van der Waals surface area contributed by atoms with Gasteiger partial charge in [0.2, 0.25) is 0 Å². The van der Waals surface area contributed by atoms with Crippen LogP contribution >= 0.6 is 0 Å². The van der Waals surface area contributed by atoms with Gasteiger partial charge in [-0.05, 0) is 37.3 Å². The summed E-state index contributed by atoms with van der Waals surface area (Å²) in [4.78, 5) is 3.73. The lowest BCUT2D eigenvalue weighted by atomic mass is 10.0. The highest BCUT2D eigenvalue weighted by Crippen LogP contribution is 2.15. The van der Waals surface area contributed by atoms with Crippen molar-refractivity contribution in [1.29, 1.82) is 0 Å². The summed E-state index contributed by atoms with van der Waals surface area (Å²) in [7, 11) is 0. The van der Waals surface area contributed by atoms with Crippen LogP contribution in [0.3, 0.4) is 0 Å². The molecular formula is C10H15N. The van der Waals surface area contributed by atoms with E-state index in [1.165, 1.54) is 12.1 Å². The highest BCUT2D eigenvalue weighted by atomic mass is 14.7. The minimum absolute atomic E-state index is 0.0557. The molecule has 0 aliphatic carbocycles. The van der Waals surface area contributed by atoms with Crippen LogP contribution in [0.1, 0.15) is 44.9 Å². The van der Waals surface area contributed by atoms with E-state index in [1.807, 2.05) is 13.8 Å². The molecule has 0 atom stereocenters. The van der Waals surface area contributed by atoms with Crippen molar-refractivity contribution in [1.82, 2.24) is 4.98 Å². The summed E-state index contributed by atoms with van der Waals surface area (Å²) in [5, 5.41) is 0. The summed E-state index contributed by atoms with van der Waals surface area (Å²) < 4.78 is 43.8. The fourth-order valence-electron chi connectivity index (χ4n) is 0.885. The van der Waals surface area contributed by atoms with Gasteiger partial charge in [0.05, 0.1) is 0 Å². The molecule has 1 nitrogen and oxygen atoms in total. The largest absolute Gasteiger partial charge is 0.258 e. The van der Waals surface area contributed by atoms with Crippen molar-refractivity contribution in [2.24, 2.45) is 0 Å². The Morgan fingerprint density at radius 2 is 1.82 bits per heavy atom. The number of hydrogen-bond acceptors (Lipinski definition) is 1. The fourth-order valence-corrected chi connectivity index (χ4v) is 0.885. The van der Waals surface area contributed by atoms with E-state index in [4.69, 9.17) is 8.22 Å². The third-order valence-electron chi connectivity index (χ3n) is 1.51. The minimum atomic E-state index is -2.38. The van der Waals surface area contributed by atoms with E-state index in [9.17, 15) is 0 Å². The molecule has 1 heterocycles. The predicted octanol–water partition coefficient (Wildman–Crippen LogP) is 2.82. The molecule has 0 unspecified atom stereocenters. The Bertz CT molecular complexity index is 372. The van der Waals surface area contributed by atoms with Gasteiger partial charge in [-0.3, -0.25) is 4.98 Å². The second-order valence-electron chi connectivity index (χ2n) is 2.83. The Morgan fingerprint density at radius 1 is 1.27 bits per heavy atom. The maximum atomic E-state index is 7.30. The number of aryl methyl sites for hydroxylation is 2. The van der Waals surface area contributed by atoms with Crippen molar-refractivity contribution in [2.75, 3.05) is 0 Å². The summed E-state index contributed by atoms with van der Waals surface area (Å²) >= 11 is 0. The molecule has 60 valence electrons. The Morgan fingerprint density at radius 3 is 2.18 bits per heavy atom. The standard InChI is InChI=1S/C10H15N/c1-7(2)10-5-8(3)11-9(4)6-10/h5-7H,1-4H3/i3D3,4D3. The summed E-state index contributed by atoms with van der Waals surface area (Å²) in [6, 6.07) is 2.90. The van der Waals surface area contributed by atoms with Crippen LogP contribution in [0.15, 0.2) is 12.1 Å². The maximum Gasteiger partial charge on any atom is 0.0378 e. The summed E-state index contributed by atoms with van der Waals surface area (Å²) in [5.41, 5.74) is 0.363. The molecule has 0 fully saturated rings. The Hall–Kier alpha value is -0.850. The van der Waals surface area contributed by atoms with Gasteiger partial charge in [0.15, 0.2) is 0 Å². The Labute approximate surface area is 76.9 Å². The van der Waals surface area contributed by atoms with Crippen LogP contribution in [-0.4, -0.2) is 4.98 Å². The first kappa shape index (κ1) is 3.26. The monoisotopic (exact) mass is 155 g/mol. The minimum Gasteiger partial charge on any atom is -0.258 e. The smallest absolute Gasteiger partial charge is 0.0378 e. The molecule has 0 bridgehead atoms. The van der Waals surface area contributed by atoms with Crippen LogP contribution in [0.5, 0.6) is 0 Å². The van der Waals surface area contributed by atoms with Crippen molar-refractivity contribution in [3.8, 4) is 0 Å². The zero-order valence-corrected chi connectivity index (χ0v) is 6.68. The highest BCUT2D eigenvalue weighted by molar-refractivity contribution is 5.22. The lowest BCUT2D eigenvalue weighted by Crippen LogP contribution is -1.92. The fraction of sp³-hybridized carbons (Fsp3) is 0.500. The third-order valence-corrected chi connectivity index (χ3v) is 1.51. The van der Waals surface area contributed by atoms with Gasteiger partial charge in [-0.25, -0.2) is 0 Å². The van der Waals surface area contributed by atoms with Gasteiger partial charge < -0.3 is 0 Å². The van der Waals surface area contributed by atoms with Crippen LogP contribution < -0.4 is 0 Å². The zero-order valence-electron chi connectivity index (χ0n) is 12.7. The molecule has 0 saturated carbocycles. The van der Waals surface area contributed by atoms with Crippen LogP contribution in [-0.2, 0) is 0 Å². The summed E-state index contributed by atoms with van der Waals surface area (Å²) in [5.74, 6) is 0.0557. The Balaban J connectivity index is 3.40. The lowest BCUT2D eigenvalue weighted by molar-refractivity contribution is 0.854. The molecule has 11 heavy (non-hydrogen) atoms. The molecule has 0 aliphatic rings. The van der Waals surface area contributed by atoms with E-state index >= 15 is 0 Å². The van der Waals surface area contributed by atoms with Crippen molar-refractivity contribution in [3.63, 3.8) is 0 Å².